The zero-order valence-electron chi connectivity index (χ0n) is 10.5. The van der Waals surface area contributed by atoms with E-state index in [4.69, 9.17) is 5.11 Å². The highest BCUT2D eigenvalue weighted by atomic mass is 16.4. The highest BCUT2D eigenvalue weighted by Crippen LogP contribution is 2.06. The molecule has 2 saturated heterocycles. The predicted molar refractivity (Wildman–Crippen MR) is 67.4 cm³/mol. The molecule has 1 amide bonds. The van der Waals surface area contributed by atoms with Gasteiger partial charge in [0.05, 0.1) is 0 Å². The van der Waals surface area contributed by atoms with Crippen LogP contribution in [0.15, 0.2) is 0 Å². The minimum absolute atomic E-state index is 0.168. The second-order valence-corrected chi connectivity index (χ2v) is 4.24. The van der Waals surface area contributed by atoms with Gasteiger partial charge in [-0.1, -0.05) is 6.92 Å². The molecule has 0 radical (unpaired) electrons. The quantitative estimate of drug-likeness (QED) is 0.501. The molecule has 2 heterocycles. The molecule has 1 unspecified atom stereocenters. The highest BCUT2D eigenvalue weighted by molar-refractivity contribution is 5.65. The molecule has 2 aliphatic heterocycles. The summed E-state index contributed by atoms with van der Waals surface area (Å²) in [7, 11) is 0. The van der Waals surface area contributed by atoms with Gasteiger partial charge in [0, 0.05) is 51.9 Å². The lowest BCUT2D eigenvalue weighted by atomic mass is 10.1. The minimum Gasteiger partial charge on any atom is -0.465 e. The summed E-state index contributed by atoms with van der Waals surface area (Å²) in [5, 5.41) is 18.3. The van der Waals surface area contributed by atoms with Gasteiger partial charge in [-0.15, -0.1) is 0 Å². The Bertz CT molecular complexity index is 210. The molecule has 2 fully saturated rings. The van der Waals surface area contributed by atoms with Crippen molar-refractivity contribution in [1.29, 1.82) is 0 Å². The van der Waals surface area contributed by atoms with Gasteiger partial charge in [0.1, 0.15) is 0 Å². The third-order valence-corrected chi connectivity index (χ3v) is 3.02. The summed E-state index contributed by atoms with van der Waals surface area (Å²) < 4.78 is 0. The Balaban J connectivity index is 0.000000202. The second kappa shape index (κ2) is 8.27. The van der Waals surface area contributed by atoms with E-state index in [1.54, 1.807) is 0 Å². The van der Waals surface area contributed by atoms with Gasteiger partial charge in [0.25, 0.3) is 0 Å². The molecule has 0 aromatic carbocycles. The Labute approximate surface area is 103 Å². The number of nitrogens with zero attached hydrogens (tertiary/aromatic N) is 1. The van der Waals surface area contributed by atoms with Crippen LogP contribution in [0.3, 0.4) is 0 Å². The molecule has 4 N–H and O–H groups in total. The lowest BCUT2D eigenvalue weighted by molar-refractivity contribution is 0.111. The average Bonchev–Trinajstić information content (AvgIpc) is 2.41. The molecular weight excluding hydrogens is 220 g/mol. The van der Waals surface area contributed by atoms with Crippen LogP contribution in [0.5, 0.6) is 0 Å². The third kappa shape index (κ3) is 5.34. The first-order valence-electron chi connectivity index (χ1n) is 6.37. The van der Waals surface area contributed by atoms with Crippen LogP contribution < -0.4 is 16.0 Å². The molecular formula is C11H24N4O2. The number of amides is 1. The summed E-state index contributed by atoms with van der Waals surface area (Å²) >= 11 is 0. The maximum atomic E-state index is 10.6. The molecule has 0 aliphatic carbocycles. The van der Waals surface area contributed by atoms with Gasteiger partial charge in [-0.25, -0.2) is 4.79 Å². The number of hydrogen-bond acceptors (Lipinski definition) is 4. The summed E-state index contributed by atoms with van der Waals surface area (Å²) in [6, 6.07) is 0.168. The normalized spacial score (nSPS) is 24.8. The van der Waals surface area contributed by atoms with Crippen LogP contribution in [-0.2, 0) is 0 Å². The molecule has 17 heavy (non-hydrogen) atoms. The smallest absolute Gasteiger partial charge is 0.407 e. The fraction of sp³-hybridized carbons (Fsp3) is 0.909. The molecule has 100 valence electrons. The molecule has 2 aliphatic rings. The Hall–Kier alpha value is -0.850. The van der Waals surface area contributed by atoms with Gasteiger partial charge < -0.3 is 26.0 Å². The highest BCUT2D eigenvalue weighted by Gasteiger charge is 2.23. The topological polar surface area (TPSA) is 76.6 Å². The van der Waals surface area contributed by atoms with E-state index in [1.165, 1.54) is 4.90 Å². The molecule has 0 saturated carbocycles. The molecule has 6 heteroatoms. The molecule has 0 bridgehead atoms. The first-order chi connectivity index (χ1) is 8.25. The van der Waals surface area contributed by atoms with Gasteiger partial charge in [0.15, 0.2) is 0 Å². The maximum Gasteiger partial charge on any atom is 0.407 e. The first-order valence-corrected chi connectivity index (χ1v) is 6.37. The zero-order chi connectivity index (χ0) is 12.5. The molecule has 2 rings (SSSR count). The lowest BCUT2D eigenvalue weighted by Crippen LogP contribution is -2.52. The summed E-state index contributed by atoms with van der Waals surface area (Å²) in [5.74, 6) is 0. The number of hydrogen-bond donors (Lipinski definition) is 4. The number of piperazine rings is 2. The van der Waals surface area contributed by atoms with Gasteiger partial charge in [-0.05, 0) is 6.42 Å². The monoisotopic (exact) mass is 244 g/mol. The average molecular weight is 244 g/mol. The van der Waals surface area contributed by atoms with E-state index in [0.717, 1.165) is 45.7 Å². The van der Waals surface area contributed by atoms with Crippen LogP contribution in [-0.4, -0.2) is 68.0 Å². The molecule has 0 aromatic rings. The zero-order valence-corrected chi connectivity index (χ0v) is 10.5. The number of rotatable bonds is 1. The van der Waals surface area contributed by atoms with Crippen molar-refractivity contribution in [2.45, 2.75) is 19.4 Å². The second-order valence-electron chi connectivity index (χ2n) is 4.24. The first kappa shape index (κ1) is 14.2. The lowest BCUT2D eigenvalue weighted by Gasteiger charge is -2.33. The van der Waals surface area contributed by atoms with Crippen molar-refractivity contribution >= 4 is 6.09 Å². The summed E-state index contributed by atoms with van der Waals surface area (Å²) in [6.07, 6.45) is 0.0950. The van der Waals surface area contributed by atoms with Crippen molar-refractivity contribution in [3.8, 4) is 0 Å². The maximum absolute atomic E-state index is 10.6. The van der Waals surface area contributed by atoms with Crippen molar-refractivity contribution in [2.24, 2.45) is 0 Å². The van der Waals surface area contributed by atoms with Crippen LogP contribution in [0.25, 0.3) is 0 Å². The SMILES string of the molecule is C1CNCCN1.CCC1CNCCN1C(=O)O. The third-order valence-electron chi connectivity index (χ3n) is 3.02. The van der Waals surface area contributed by atoms with E-state index in [0.29, 0.717) is 6.54 Å². The Kier molecular flexibility index (Phi) is 6.91. The van der Waals surface area contributed by atoms with Crippen molar-refractivity contribution in [3.63, 3.8) is 0 Å². The van der Waals surface area contributed by atoms with Gasteiger partial charge in [0.2, 0.25) is 0 Å². The Morgan fingerprint density at radius 3 is 2.12 bits per heavy atom. The molecule has 0 spiro atoms. The predicted octanol–water partition coefficient (Wildman–Crippen LogP) is -0.473. The fourth-order valence-corrected chi connectivity index (χ4v) is 1.98. The largest absolute Gasteiger partial charge is 0.465 e. The number of carbonyl (C=O) groups is 1. The van der Waals surface area contributed by atoms with Gasteiger partial charge >= 0.3 is 6.09 Å². The van der Waals surface area contributed by atoms with E-state index < -0.39 is 6.09 Å². The van der Waals surface area contributed by atoms with E-state index in [9.17, 15) is 4.79 Å². The minimum atomic E-state index is -0.793. The van der Waals surface area contributed by atoms with Crippen LogP contribution in [0.1, 0.15) is 13.3 Å². The van der Waals surface area contributed by atoms with Crippen molar-refractivity contribution in [1.82, 2.24) is 20.9 Å². The summed E-state index contributed by atoms with van der Waals surface area (Å²) in [6.45, 7) is 8.76. The van der Waals surface area contributed by atoms with Crippen molar-refractivity contribution < 1.29 is 9.90 Å². The van der Waals surface area contributed by atoms with E-state index in [2.05, 4.69) is 16.0 Å². The van der Waals surface area contributed by atoms with Gasteiger partial charge in [-0.3, -0.25) is 0 Å². The molecule has 0 aromatic heterocycles. The number of nitrogens with one attached hydrogen (secondary N) is 3. The van der Waals surface area contributed by atoms with Crippen LogP contribution >= 0.6 is 0 Å². The Morgan fingerprint density at radius 1 is 1.18 bits per heavy atom. The summed E-state index contributed by atoms with van der Waals surface area (Å²) in [5.41, 5.74) is 0. The van der Waals surface area contributed by atoms with E-state index in [-0.39, 0.29) is 6.04 Å². The molecule has 1 atom stereocenters. The van der Waals surface area contributed by atoms with E-state index in [1.807, 2.05) is 6.92 Å². The summed E-state index contributed by atoms with van der Waals surface area (Å²) in [4.78, 5) is 12.1. The Morgan fingerprint density at radius 2 is 1.76 bits per heavy atom. The van der Waals surface area contributed by atoms with Gasteiger partial charge in [-0.2, -0.15) is 0 Å². The van der Waals surface area contributed by atoms with Crippen LogP contribution in [0, 0.1) is 0 Å². The van der Waals surface area contributed by atoms with Crippen molar-refractivity contribution in [2.75, 3.05) is 45.8 Å². The van der Waals surface area contributed by atoms with Crippen LogP contribution in [0.2, 0.25) is 0 Å². The number of carboxylic acid groups (broad SMARTS) is 1. The van der Waals surface area contributed by atoms with Crippen molar-refractivity contribution in [3.05, 3.63) is 0 Å². The van der Waals surface area contributed by atoms with Crippen LogP contribution in [0.4, 0.5) is 4.79 Å². The standard InChI is InChI=1S/C7H14N2O2.C4H10N2/c1-2-6-5-8-3-4-9(6)7(10)11;1-2-6-4-3-5-1/h6,8H,2-5H2,1H3,(H,10,11);5-6H,1-4H2. The fourth-order valence-electron chi connectivity index (χ4n) is 1.98. The molecule has 6 nitrogen and oxygen atoms in total. The van der Waals surface area contributed by atoms with E-state index >= 15 is 0 Å².